The number of aromatic nitrogens is 1. The Labute approximate surface area is 147 Å². The largest absolute Gasteiger partial charge is 0.477 e. The van der Waals surface area contributed by atoms with Crippen molar-refractivity contribution in [2.75, 3.05) is 18.8 Å². The Hall–Kier alpha value is -1.05. The molecule has 1 aliphatic rings. The van der Waals surface area contributed by atoms with Gasteiger partial charge in [-0.2, -0.15) is 0 Å². The number of hydrogen-bond acceptors (Lipinski definition) is 5. The Morgan fingerprint density at radius 3 is 2.30 bits per heavy atom. The molecular weight excluding hydrogens is 350 g/mol. The van der Waals surface area contributed by atoms with E-state index in [1.165, 1.54) is 6.20 Å². The fraction of sp³-hybridized carbons (Fsp3) is 0.375. The highest BCUT2D eigenvalue weighted by Gasteiger charge is 2.29. The Morgan fingerprint density at radius 1 is 1.17 bits per heavy atom. The lowest BCUT2D eigenvalue weighted by Gasteiger charge is -2.18. The van der Waals surface area contributed by atoms with Crippen LogP contribution < -0.4 is 5.43 Å². The summed E-state index contributed by atoms with van der Waals surface area (Å²) < 4.78 is 2.01. The molecule has 1 heterocycles. The SMILES string of the molecule is CSc1cc2c(=O)c(C(=O)O)cn(C3CC3)c2c(SC)c1SC. The van der Waals surface area contributed by atoms with Gasteiger partial charge in [-0.15, -0.1) is 35.3 Å². The van der Waals surface area contributed by atoms with Gasteiger partial charge in [0.1, 0.15) is 5.56 Å². The molecule has 0 bridgehead atoms. The maximum absolute atomic E-state index is 12.7. The van der Waals surface area contributed by atoms with E-state index in [-0.39, 0.29) is 11.0 Å². The number of carbonyl (C=O) groups is 1. The molecule has 122 valence electrons. The quantitative estimate of drug-likeness (QED) is 0.799. The summed E-state index contributed by atoms with van der Waals surface area (Å²) >= 11 is 4.88. The van der Waals surface area contributed by atoms with Gasteiger partial charge in [0.2, 0.25) is 5.43 Å². The molecule has 0 radical (unpaired) electrons. The zero-order chi connectivity index (χ0) is 16.7. The molecule has 0 amide bonds. The number of thioether (sulfide) groups is 3. The van der Waals surface area contributed by atoms with Gasteiger partial charge < -0.3 is 9.67 Å². The number of carboxylic acids is 1. The molecule has 23 heavy (non-hydrogen) atoms. The van der Waals surface area contributed by atoms with Crippen molar-refractivity contribution in [1.29, 1.82) is 0 Å². The highest BCUT2D eigenvalue weighted by molar-refractivity contribution is 8.03. The molecule has 0 spiro atoms. The summed E-state index contributed by atoms with van der Waals surface area (Å²) in [5, 5.41) is 9.89. The second-order valence-corrected chi connectivity index (χ2v) is 7.84. The molecule has 3 rings (SSSR count). The second-order valence-electron chi connectivity index (χ2n) is 5.36. The second kappa shape index (κ2) is 6.45. The molecule has 0 atom stereocenters. The van der Waals surface area contributed by atoms with Crippen LogP contribution in [-0.4, -0.2) is 34.4 Å². The lowest BCUT2D eigenvalue weighted by Crippen LogP contribution is -2.19. The molecule has 2 aromatic rings. The van der Waals surface area contributed by atoms with E-state index in [1.54, 1.807) is 35.3 Å². The molecule has 1 fully saturated rings. The normalized spacial score (nSPS) is 14.4. The molecule has 4 nitrogen and oxygen atoms in total. The smallest absolute Gasteiger partial charge is 0.341 e. The van der Waals surface area contributed by atoms with Crippen LogP contribution in [0, 0.1) is 0 Å². The highest BCUT2D eigenvalue weighted by Crippen LogP contribution is 2.44. The van der Waals surface area contributed by atoms with Gasteiger partial charge in [-0.1, -0.05) is 0 Å². The van der Waals surface area contributed by atoms with Crippen LogP contribution >= 0.6 is 35.3 Å². The summed E-state index contributed by atoms with van der Waals surface area (Å²) in [7, 11) is 0. The van der Waals surface area contributed by atoms with Crippen LogP contribution in [0.3, 0.4) is 0 Å². The van der Waals surface area contributed by atoms with Gasteiger partial charge >= 0.3 is 5.97 Å². The number of benzene rings is 1. The van der Waals surface area contributed by atoms with Crippen molar-refractivity contribution >= 4 is 52.2 Å². The minimum Gasteiger partial charge on any atom is -0.477 e. The molecule has 7 heteroatoms. The maximum Gasteiger partial charge on any atom is 0.341 e. The molecule has 1 aliphatic carbocycles. The first-order valence-corrected chi connectivity index (χ1v) is 10.8. The number of nitrogens with zero attached hydrogens (tertiary/aromatic N) is 1. The van der Waals surface area contributed by atoms with Crippen molar-refractivity contribution in [3.05, 3.63) is 28.0 Å². The summed E-state index contributed by atoms with van der Waals surface area (Å²) in [6.45, 7) is 0. The molecule has 1 aromatic heterocycles. The molecule has 0 aliphatic heterocycles. The summed E-state index contributed by atoms with van der Waals surface area (Å²) in [6, 6.07) is 2.16. The number of hydrogen-bond donors (Lipinski definition) is 1. The van der Waals surface area contributed by atoms with Gasteiger partial charge in [0.05, 0.1) is 5.52 Å². The molecule has 1 aromatic carbocycles. The number of aromatic carboxylic acids is 1. The summed E-state index contributed by atoms with van der Waals surface area (Å²) in [6.07, 6.45) is 9.61. The minimum absolute atomic E-state index is 0.139. The summed E-state index contributed by atoms with van der Waals surface area (Å²) in [4.78, 5) is 27.4. The third-order valence-electron chi connectivity index (χ3n) is 3.99. The molecule has 1 N–H and O–H groups in total. The van der Waals surface area contributed by atoms with Gasteiger partial charge in [-0.3, -0.25) is 4.79 Å². The number of carboxylic acid groups (broad SMARTS) is 1. The van der Waals surface area contributed by atoms with Crippen LogP contribution in [-0.2, 0) is 0 Å². The Morgan fingerprint density at radius 2 is 1.83 bits per heavy atom. The standard InChI is InChI=1S/C16H17NO3S3/c1-21-11-6-9-12(15(23-3)14(11)22-2)17(8-4-5-8)7-10(13(9)18)16(19)20/h6-8H,4-5H2,1-3H3,(H,19,20). The van der Waals surface area contributed by atoms with Crippen molar-refractivity contribution in [3.63, 3.8) is 0 Å². The van der Waals surface area contributed by atoms with Gasteiger partial charge in [0, 0.05) is 32.3 Å². The van der Waals surface area contributed by atoms with E-state index in [1.807, 2.05) is 29.4 Å². The maximum atomic E-state index is 12.7. The van der Waals surface area contributed by atoms with Gasteiger partial charge in [-0.05, 0) is 37.7 Å². The van der Waals surface area contributed by atoms with Crippen molar-refractivity contribution in [1.82, 2.24) is 4.57 Å². The van der Waals surface area contributed by atoms with E-state index < -0.39 is 5.97 Å². The number of rotatable bonds is 5. The fourth-order valence-corrected chi connectivity index (χ4v) is 5.60. The minimum atomic E-state index is -1.16. The lowest BCUT2D eigenvalue weighted by atomic mass is 10.1. The highest BCUT2D eigenvalue weighted by atomic mass is 32.2. The van der Waals surface area contributed by atoms with Gasteiger partial charge in [-0.25, -0.2) is 4.79 Å². The van der Waals surface area contributed by atoms with E-state index in [4.69, 9.17) is 0 Å². The third-order valence-corrected chi connectivity index (χ3v) is 6.65. The van der Waals surface area contributed by atoms with Gasteiger partial charge in [0.15, 0.2) is 0 Å². The van der Waals surface area contributed by atoms with Crippen molar-refractivity contribution in [2.45, 2.75) is 33.6 Å². The average Bonchev–Trinajstić information content (AvgIpc) is 3.37. The monoisotopic (exact) mass is 367 g/mol. The Bertz CT molecular complexity index is 856. The third kappa shape index (κ3) is 2.79. The molecule has 1 saturated carbocycles. The van der Waals surface area contributed by atoms with Crippen LogP contribution in [0.4, 0.5) is 0 Å². The first-order chi connectivity index (χ1) is 11.0. The van der Waals surface area contributed by atoms with Crippen LogP contribution in [0.15, 0.2) is 31.7 Å². The fourth-order valence-electron chi connectivity index (χ4n) is 2.77. The van der Waals surface area contributed by atoms with Crippen LogP contribution in [0.5, 0.6) is 0 Å². The average molecular weight is 368 g/mol. The van der Waals surface area contributed by atoms with E-state index in [9.17, 15) is 14.7 Å². The molecule has 0 saturated heterocycles. The zero-order valence-corrected chi connectivity index (χ0v) is 15.5. The molecule has 0 unspecified atom stereocenters. The lowest BCUT2D eigenvalue weighted by molar-refractivity contribution is 0.0695. The van der Waals surface area contributed by atoms with E-state index in [0.717, 1.165) is 33.0 Å². The van der Waals surface area contributed by atoms with Crippen molar-refractivity contribution in [3.8, 4) is 0 Å². The van der Waals surface area contributed by atoms with E-state index in [0.29, 0.717) is 11.4 Å². The predicted molar refractivity (Wildman–Crippen MR) is 98.8 cm³/mol. The Balaban J connectivity index is 2.51. The van der Waals surface area contributed by atoms with Crippen molar-refractivity contribution in [2.24, 2.45) is 0 Å². The molecular formula is C16H17NO3S3. The number of pyridine rings is 1. The van der Waals surface area contributed by atoms with E-state index in [2.05, 4.69) is 0 Å². The van der Waals surface area contributed by atoms with Crippen LogP contribution in [0.25, 0.3) is 10.9 Å². The predicted octanol–water partition coefficient (Wildman–Crippen LogP) is 4.20. The first kappa shape index (κ1) is 16.8. The zero-order valence-electron chi connectivity index (χ0n) is 13.1. The van der Waals surface area contributed by atoms with Crippen LogP contribution in [0.1, 0.15) is 29.2 Å². The topological polar surface area (TPSA) is 59.3 Å². The number of fused-ring (bicyclic) bond motifs is 1. The van der Waals surface area contributed by atoms with E-state index >= 15 is 0 Å². The van der Waals surface area contributed by atoms with Crippen molar-refractivity contribution < 1.29 is 9.90 Å². The summed E-state index contributed by atoms with van der Waals surface area (Å²) in [5.74, 6) is -1.16. The Kier molecular flexibility index (Phi) is 4.71. The van der Waals surface area contributed by atoms with Gasteiger partial charge in [0.25, 0.3) is 0 Å². The summed E-state index contributed by atoms with van der Waals surface area (Å²) in [5.41, 5.74) is 0.361. The first-order valence-electron chi connectivity index (χ1n) is 7.14. The van der Waals surface area contributed by atoms with Crippen LogP contribution in [0.2, 0.25) is 0 Å².